The minimum absolute atomic E-state index is 0.0746. The van der Waals surface area contributed by atoms with Gasteiger partial charge in [0.05, 0.1) is 19.1 Å². The van der Waals surface area contributed by atoms with Gasteiger partial charge in [-0.25, -0.2) is 0 Å². The summed E-state index contributed by atoms with van der Waals surface area (Å²) in [6.45, 7) is 2.85. The average Bonchev–Trinajstić information content (AvgIpc) is 2.97. The molecule has 1 fully saturated rings. The molecule has 1 aliphatic heterocycles. The highest BCUT2D eigenvalue weighted by Crippen LogP contribution is 2.14. The molecule has 1 amide bonds. The zero-order valence-electron chi connectivity index (χ0n) is 12.6. The molecule has 1 aromatic rings. The van der Waals surface area contributed by atoms with Gasteiger partial charge in [-0.05, 0) is 37.5 Å². The van der Waals surface area contributed by atoms with Crippen molar-refractivity contribution in [2.45, 2.75) is 38.4 Å². The van der Waals surface area contributed by atoms with Crippen molar-refractivity contribution in [1.29, 1.82) is 0 Å². The van der Waals surface area contributed by atoms with Gasteiger partial charge in [0.2, 0.25) is 0 Å². The molecule has 0 aliphatic carbocycles. The van der Waals surface area contributed by atoms with Crippen LogP contribution in [0.25, 0.3) is 0 Å². The van der Waals surface area contributed by atoms with E-state index in [-0.39, 0.29) is 18.4 Å². The van der Waals surface area contributed by atoms with Crippen LogP contribution >= 0.6 is 0 Å². The molecular formula is C16H21NO5. The Morgan fingerprint density at radius 2 is 2.32 bits per heavy atom. The maximum atomic E-state index is 12.1. The van der Waals surface area contributed by atoms with E-state index in [2.05, 4.69) is 5.32 Å². The maximum Gasteiger partial charge on any atom is 0.307 e. The van der Waals surface area contributed by atoms with Crippen LogP contribution < -0.4 is 5.32 Å². The number of anilines is 1. The predicted octanol–water partition coefficient (Wildman–Crippen LogP) is 1.84. The van der Waals surface area contributed by atoms with E-state index >= 15 is 0 Å². The number of hydrogen-bond acceptors (Lipinski definition) is 4. The first-order valence-electron chi connectivity index (χ1n) is 7.39. The fourth-order valence-corrected chi connectivity index (χ4v) is 2.28. The molecule has 22 heavy (non-hydrogen) atoms. The van der Waals surface area contributed by atoms with Gasteiger partial charge in [-0.2, -0.15) is 0 Å². The number of hydrogen-bond donors (Lipinski definition) is 2. The van der Waals surface area contributed by atoms with Crippen LogP contribution in [0, 0.1) is 0 Å². The third-order valence-electron chi connectivity index (χ3n) is 3.48. The minimum Gasteiger partial charge on any atom is -0.481 e. The van der Waals surface area contributed by atoms with Crippen molar-refractivity contribution in [1.82, 2.24) is 0 Å². The molecule has 2 atom stereocenters. The fraction of sp³-hybridized carbons (Fsp3) is 0.500. The van der Waals surface area contributed by atoms with Gasteiger partial charge in [-0.15, -0.1) is 0 Å². The van der Waals surface area contributed by atoms with E-state index in [4.69, 9.17) is 14.6 Å². The van der Waals surface area contributed by atoms with Crippen LogP contribution in [0.1, 0.15) is 25.3 Å². The lowest BCUT2D eigenvalue weighted by atomic mass is 10.1. The lowest BCUT2D eigenvalue weighted by molar-refractivity contribution is -0.136. The largest absolute Gasteiger partial charge is 0.481 e. The smallest absolute Gasteiger partial charge is 0.307 e. The van der Waals surface area contributed by atoms with Gasteiger partial charge in [-0.1, -0.05) is 12.1 Å². The van der Waals surface area contributed by atoms with Crippen molar-refractivity contribution in [3.8, 4) is 0 Å². The van der Waals surface area contributed by atoms with Crippen molar-refractivity contribution in [2.24, 2.45) is 0 Å². The number of amides is 1. The minimum atomic E-state index is -0.906. The van der Waals surface area contributed by atoms with E-state index in [1.54, 1.807) is 31.2 Å². The number of nitrogens with one attached hydrogen (secondary N) is 1. The van der Waals surface area contributed by atoms with Gasteiger partial charge in [-0.3, -0.25) is 9.59 Å². The number of ether oxygens (including phenoxy) is 2. The number of benzene rings is 1. The lowest BCUT2D eigenvalue weighted by Gasteiger charge is -2.16. The molecule has 2 N–H and O–H groups in total. The number of carbonyl (C=O) groups excluding carboxylic acids is 1. The number of carboxylic acid groups (broad SMARTS) is 1. The first-order chi connectivity index (χ1) is 10.5. The second-order valence-corrected chi connectivity index (χ2v) is 5.37. The highest BCUT2D eigenvalue weighted by Gasteiger charge is 2.20. The highest BCUT2D eigenvalue weighted by molar-refractivity contribution is 5.94. The molecule has 2 unspecified atom stereocenters. The molecule has 1 aliphatic rings. The maximum absolute atomic E-state index is 12.1. The van der Waals surface area contributed by atoms with Crippen molar-refractivity contribution in [3.63, 3.8) is 0 Å². The monoisotopic (exact) mass is 307 g/mol. The normalized spacial score (nSPS) is 18.9. The topological polar surface area (TPSA) is 84.9 Å². The Labute approximate surface area is 129 Å². The second-order valence-electron chi connectivity index (χ2n) is 5.37. The summed E-state index contributed by atoms with van der Waals surface area (Å²) in [6, 6.07) is 6.79. The molecule has 0 aromatic heterocycles. The Balaban J connectivity index is 1.83. The van der Waals surface area contributed by atoms with Gasteiger partial charge >= 0.3 is 5.97 Å². The summed E-state index contributed by atoms with van der Waals surface area (Å²) in [7, 11) is 0. The Morgan fingerprint density at radius 3 is 3.00 bits per heavy atom. The first-order valence-corrected chi connectivity index (χ1v) is 7.39. The molecule has 0 saturated carbocycles. The summed E-state index contributed by atoms with van der Waals surface area (Å²) < 4.78 is 11.0. The van der Waals surface area contributed by atoms with E-state index in [0.29, 0.717) is 17.9 Å². The van der Waals surface area contributed by atoms with Crippen LogP contribution in [0.2, 0.25) is 0 Å². The summed E-state index contributed by atoms with van der Waals surface area (Å²) >= 11 is 0. The van der Waals surface area contributed by atoms with E-state index in [1.807, 2.05) is 0 Å². The summed E-state index contributed by atoms with van der Waals surface area (Å²) in [5.41, 5.74) is 1.20. The number of aliphatic carboxylic acids is 1. The summed E-state index contributed by atoms with van der Waals surface area (Å²) in [6.07, 6.45) is 1.41. The molecule has 0 bridgehead atoms. The highest BCUT2D eigenvalue weighted by atomic mass is 16.5. The van der Waals surface area contributed by atoms with Crippen molar-refractivity contribution >= 4 is 17.6 Å². The van der Waals surface area contributed by atoms with E-state index in [9.17, 15) is 9.59 Å². The van der Waals surface area contributed by atoms with Crippen molar-refractivity contribution in [3.05, 3.63) is 29.8 Å². The van der Waals surface area contributed by atoms with Crippen LogP contribution in [0.3, 0.4) is 0 Å². The molecule has 120 valence electrons. The lowest BCUT2D eigenvalue weighted by Crippen LogP contribution is -2.30. The third-order valence-corrected chi connectivity index (χ3v) is 3.48. The number of carboxylic acids is 1. The van der Waals surface area contributed by atoms with Crippen LogP contribution in [-0.2, 0) is 25.5 Å². The van der Waals surface area contributed by atoms with Gasteiger partial charge in [0.25, 0.3) is 5.91 Å². The predicted molar refractivity (Wildman–Crippen MR) is 80.8 cm³/mol. The molecule has 1 saturated heterocycles. The third kappa shape index (κ3) is 5.13. The molecule has 0 radical (unpaired) electrons. The van der Waals surface area contributed by atoms with Crippen LogP contribution in [0.4, 0.5) is 5.69 Å². The van der Waals surface area contributed by atoms with Gasteiger partial charge in [0.1, 0.15) is 6.10 Å². The van der Waals surface area contributed by atoms with Crippen LogP contribution in [-0.4, -0.2) is 42.4 Å². The van der Waals surface area contributed by atoms with Crippen LogP contribution in [0.5, 0.6) is 0 Å². The zero-order chi connectivity index (χ0) is 15.9. The zero-order valence-corrected chi connectivity index (χ0v) is 12.6. The van der Waals surface area contributed by atoms with Crippen molar-refractivity contribution < 1.29 is 24.2 Å². The molecule has 2 rings (SSSR count). The number of rotatable bonds is 7. The Hall–Kier alpha value is -1.92. The first kappa shape index (κ1) is 16.5. The van der Waals surface area contributed by atoms with Gasteiger partial charge in [0, 0.05) is 12.3 Å². The Bertz CT molecular complexity index is 525. The SMILES string of the molecule is CC(OCC1CCCO1)C(=O)Nc1cccc(CC(=O)O)c1. The standard InChI is InChI=1S/C16H21NO5/c1-11(22-10-14-6-3-7-21-14)16(20)17-13-5-2-4-12(8-13)9-15(18)19/h2,4-5,8,11,14H,3,6-7,9-10H2,1H3,(H,17,20)(H,18,19). The van der Waals surface area contributed by atoms with E-state index in [1.165, 1.54) is 0 Å². The van der Waals surface area contributed by atoms with E-state index < -0.39 is 12.1 Å². The summed E-state index contributed by atoms with van der Waals surface area (Å²) in [5.74, 6) is -1.16. The van der Waals surface area contributed by atoms with Crippen molar-refractivity contribution in [2.75, 3.05) is 18.5 Å². The quantitative estimate of drug-likeness (QED) is 0.803. The molecule has 1 heterocycles. The Kier molecular flexibility index (Phi) is 5.91. The second kappa shape index (κ2) is 7.91. The van der Waals surface area contributed by atoms with E-state index in [0.717, 1.165) is 19.4 Å². The summed E-state index contributed by atoms with van der Waals surface area (Å²) in [5, 5.41) is 11.5. The molecule has 0 spiro atoms. The van der Waals surface area contributed by atoms with Crippen LogP contribution in [0.15, 0.2) is 24.3 Å². The fourth-order valence-electron chi connectivity index (χ4n) is 2.28. The molecular weight excluding hydrogens is 286 g/mol. The van der Waals surface area contributed by atoms with Gasteiger partial charge < -0.3 is 19.9 Å². The molecule has 6 nitrogen and oxygen atoms in total. The summed E-state index contributed by atoms with van der Waals surface area (Å²) in [4.78, 5) is 22.8. The number of carbonyl (C=O) groups is 2. The Morgan fingerprint density at radius 1 is 1.50 bits per heavy atom. The van der Waals surface area contributed by atoms with Gasteiger partial charge in [0.15, 0.2) is 0 Å². The molecule has 6 heteroatoms. The average molecular weight is 307 g/mol. The molecule has 1 aromatic carbocycles.